The smallest absolute Gasteiger partial charge is 0.335 e. The zero-order valence-electron chi connectivity index (χ0n) is 12.1. The maximum Gasteiger partial charge on any atom is 0.335 e. The second-order valence-corrected chi connectivity index (χ2v) is 6.04. The molecule has 3 aromatic rings. The van der Waals surface area contributed by atoms with Crippen molar-refractivity contribution in [3.63, 3.8) is 0 Å². The Labute approximate surface area is 133 Å². The minimum Gasteiger partial charge on any atom is -0.478 e. The number of thioether (sulfide) groups is 1. The Bertz CT molecular complexity index is 845. The molecule has 0 aliphatic carbocycles. The average molecular weight is 309 g/mol. The molecule has 110 valence electrons. The zero-order valence-corrected chi connectivity index (χ0v) is 12.9. The molecule has 3 nitrogen and oxygen atoms in total. The van der Waals surface area contributed by atoms with Crippen molar-refractivity contribution in [1.82, 2.24) is 4.98 Å². The van der Waals surface area contributed by atoms with Crippen molar-refractivity contribution < 1.29 is 9.90 Å². The molecule has 0 fully saturated rings. The first kappa shape index (κ1) is 14.6. The van der Waals surface area contributed by atoms with Gasteiger partial charge in [0.15, 0.2) is 0 Å². The molecule has 0 aliphatic heterocycles. The number of fused-ring (bicyclic) bond motifs is 1. The number of nitrogens with zero attached hydrogens (tertiary/aromatic N) is 1. The van der Waals surface area contributed by atoms with Gasteiger partial charge in [0.1, 0.15) is 0 Å². The fraction of sp³-hybridized carbons (Fsp3) is 0.111. The lowest BCUT2D eigenvalue weighted by Crippen LogP contribution is -2.01. The van der Waals surface area contributed by atoms with Gasteiger partial charge in [-0.2, -0.15) is 0 Å². The molecule has 0 bridgehead atoms. The van der Waals surface area contributed by atoms with Gasteiger partial charge in [-0.3, -0.25) is 0 Å². The quantitative estimate of drug-likeness (QED) is 0.719. The summed E-state index contributed by atoms with van der Waals surface area (Å²) in [6.45, 7) is 2.07. The van der Waals surface area contributed by atoms with E-state index in [1.165, 1.54) is 5.56 Å². The van der Waals surface area contributed by atoms with Crippen LogP contribution in [0.1, 0.15) is 21.5 Å². The third-order valence-electron chi connectivity index (χ3n) is 3.52. The highest BCUT2D eigenvalue weighted by Crippen LogP contribution is 2.27. The van der Waals surface area contributed by atoms with Gasteiger partial charge in [0.25, 0.3) is 0 Å². The van der Waals surface area contributed by atoms with E-state index in [1.54, 1.807) is 23.9 Å². The molecule has 0 saturated carbocycles. The minimum absolute atomic E-state index is 0.354. The van der Waals surface area contributed by atoms with Crippen LogP contribution in [0.15, 0.2) is 59.6 Å². The summed E-state index contributed by atoms with van der Waals surface area (Å²) in [7, 11) is 0. The van der Waals surface area contributed by atoms with Gasteiger partial charge in [0.2, 0.25) is 0 Å². The molecule has 0 aliphatic rings. The van der Waals surface area contributed by atoms with Crippen LogP contribution in [0.5, 0.6) is 0 Å². The van der Waals surface area contributed by atoms with Crippen LogP contribution >= 0.6 is 11.8 Å². The first-order chi connectivity index (χ1) is 10.6. The molecule has 0 atom stereocenters. The SMILES string of the molecule is Cc1cc(SCc2ccccc2C(=O)O)nc2ccccc12. The molecule has 0 amide bonds. The predicted octanol–water partition coefficient (Wildman–Crippen LogP) is 4.53. The van der Waals surface area contributed by atoms with Crippen molar-refractivity contribution in [2.75, 3.05) is 0 Å². The van der Waals surface area contributed by atoms with Crippen molar-refractivity contribution in [3.8, 4) is 0 Å². The fourth-order valence-corrected chi connectivity index (χ4v) is 3.38. The van der Waals surface area contributed by atoms with Crippen molar-refractivity contribution in [3.05, 3.63) is 71.3 Å². The highest BCUT2D eigenvalue weighted by molar-refractivity contribution is 7.98. The number of aromatic nitrogens is 1. The molecule has 4 heteroatoms. The minimum atomic E-state index is -0.890. The van der Waals surface area contributed by atoms with Crippen molar-refractivity contribution >= 4 is 28.6 Å². The Morgan fingerprint density at radius 3 is 2.68 bits per heavy atom. The molecule has 1 N–H and O–H groups in total. The number of carboxylic acid groups (broad SMARTS) is 1. The highest BCUT2D eigenvalue weighted by atomic mass is 32.2. The summed E-state index contributed by atoms with van der Waals surface area (Å²) < 4.78 is 0. The predicted molar refractivity (Wildman–Crippen MR) is 89.4 cm³/mol. The van der Waals surface area contributed by atoms with E-state index in [-0.39, 0.29) is 0 Å². The topological polar surface area (TPSA) is 50.2 Å². The van der Waals surface area contributed by atoms with Crippen LogP contribution in [0.3, 0.4) is 0 Å². The molecular formula is C18H15NO2S. The summed E-state index contributed by atoms with van der Waals surface area (Å²) in [4.78, 5) is 15.9. The average Bonchev–Trinajstić information content (AvgIpc) is 2.53. The van der Waals surface area contributed by atoms with Gasteiger partial charge >= 0.3 is 5.97 Å². The number of hydrogen-bond acceptors (Lipinski definition) is 3. The van der Waals surface area contributed by atoms with E-state index >= 15 is 0 Å². The molecule has 2 aromatic carbocycles. The van der Waals surface area contributed by atoms with Gasteiger partial charge in [0.05, 0.1) is 16.1 Å². The Hall–Kier alpha value is -2.33. The lowest BCUT2D eigenvalue weighted by molar-refractivity contribution is 0.0696. The largest absolute Gasteiger partial charge is 0.478 e. The Morgan fingerprint density at radius 1 is 1.14 bits per heavy atom. The fourth-order valence-electron chi connectivity index (χ4n) is 2.40. The van der Waals surface area contributed by atoms with Gasteiger partial charge in [-0.15, -0.1) is 11.8 Å². The van der Waals surface area contributed by atoms with Crippen LogP contribution in [-0.4, -0.2) is 16.1 Å². The second kappa shape index (κ2) is 6.20. The van der Waals surface area contributed by atoms with Gasteiger partial charge in [-0.05, 0) is 36.2 Å². The summed E-state index contributed by atoms with van der Waals surface area (Å²) >= 11 is 1.56. The molecular weight excluding hydrogens is 294 g/mol. The molecule has 22 heavy (non-hydrogen) atoms. The summed E-state index contributed by atoms with van der Waals surface area (Å²) in [5, 5.41) is 11.3. The van der Waals surface area contributed by atoms with E-state index in [0.717, 1.165) is 21.5 Å². The maximum atomic E-state index is 11.2. The Balaban J connectivity index is 1.87. The molecule has 3 rings (SSSR count). The van der Waals surface area contributed by atoms with Gasteiger partial charge in [-0.25, -0.2) is 9.78 Å². The number of carbonyl (C=O) groups is 1. The molecule has 1 heterocycles. The number of aryl methyl sites for hydroxylation is 1. The summed E-state index contributed by atoms with van der Waals surface area (Å²) in [6, 6.07) is 17.2. The Kier molecular flexibility index (Phi) is 4.11. The molecule has 0 saturated heterocycles. The molecule has 0 radical (unpaired) electrons. The summed E-state index contributed by atoms with van der Waals surface area (Å²) in [5.41, 5.74) is 3.32. The van der Waals surface area contributed by atoms with E-state index < -0.39 is 5.97 Å². The van der Waals surface area contributed by atoms with E-state index in [1.807, 2.05) is 30.3 Å². The normalized spacial score (nSPS) is 10.8. The van der Waals surface area contributed by atoms with Crippen LogP contribution in [0.25, 0.3) is 10.9 Å². The van der Waals surface area contributed by atoms with E-state index in [4.69, 9.17) is 0 Å². The first-order valence-electron chi connectivity index (χ1n) is 6.95. The van der Waals surface area contributed by atoms with Gasteiger partial charge in [-0.1, -0.05) is 36.4 Å². The van der Waals surface area contributed by atoms with Crippen LogP contribution in [-0.2, 0) is 5.75 Å². The van der Waals surface area contributed by atoms with Crippen LogP contribution in [0, 0.1) is 6.92 Å². The summed E-state index contributed by atoms with van der Waals surface area (Å²) in [6.07, 6.45) is 0. The van der Waals surface area contributed by atoms with E-state index in [0.29, 0.717) is 11.3 Å². The first-order valence-corrected chi connectivity index (χ1v) is 7.94. The lowest BCUT2D eigenvalue weighted by Gasteiger charge is -2.08. The zero-order chi connectivity index (χ0) is 15.5. The lowest BCUT2D eigenvalue weighted by atomic mass is 10.1. The number of rotatable bonds is 4. The third-order valence-corrected chi connectivity index (χ3v) is 4.48. The van der Waals surface area contributed by atoms with Crippen molar-refractivity contribution in [2.24, 2.45) is 0 Å². The van der Waals surface area contributed by atoms with Gasteiger partial charge in [0, 0.05) is 11.1 Å². The number of hydrogen-bond donors (Lipinski definition) is 1. The van der Waals surface area contributed by atoms with Crippen molar-refractivity contribution in [2.45, 2.75) is 17.7 Å². The number of para-hydroxylation sites is 1. The standard InChI is InChI=1S/C18H15NO2S/c1-12-10-17(19-16-9-5-4-7-14(12)16)22-11-13-6-2-3-8-15(13)18(20)21/h2-10H,11H2,1H3,(H,20,21). The molecule has 0 unspecified atom stereocenters. The highest BCUT2D eigenvalue weighted by Gasteiger charge is 2.10. The number of benzene rings is 2. The summed E-state index contributed by atoms with van der Waals surface area (Å²) in [5.74, 6) is -0.299. The Morgan fingerprint density at radius 2 is 1.86 bits per heavy atom. The van der Waals surface area contributed by atoms with Gasteiger partial charge < -0.3 is 5.11 Å². The number of pyridine rings is 1. The second-order valence-electron chi connectivity index (χ2n) is 5.05. The number of aromatic carboxylic acids is 1. The van der Waals surface area contributed by atoms with Crippen LogP contribution in [0.2, 0.25) is 0 Å². The third kappa shape index (κ3) is 2.97. The van der Waals surface area contributed by atoms with Crippen molar-refractivity contribution in [1.29, 1.82) is 0 Å². The molecule has 1 aromatic heterocycles. The number of carboxylic acids is 1. The maximum absolute atomic E-state index is 11.2. The van der Waals surface area contributed by atoms with E-state index in [2.05, 4.69) is 24.0 Å². The van der Waals surface area contributed by atoms with E-state index in [9.17, 15) is 9.90 Å². The monoisotopic (exact) mass is 309 g/mol. The molecule has 0 spiro atoms. The van der Waals surface area contributed by atoms with Crippen LogP contribution < -0.4 is 0 Å². The van der Waals surface area contributed by atoms with Crippen LogP contribution in [0.4, 0.5) is 0 Å².